The van der Waals surface area contributed by atoms with Gasteiger partial charge in [0, 0.05) is 24.3 Å². The number of rotatable bonds is 5. The number of ether oxygens (including phenoxy) is 1. The van der Waals surface area contributed by atoms with Crippen molar-refractivity contribution in [1.29, 1.82) is 0 Å². The van der Waals surface area contributed by atoms with Gasteiger partial charge in [0.05, 0.1) is 21.2 Å². The summed E-state index contributed by atoms with van der Waals surface area (Å²) in [7, 11) is -3.76. The number of carbonyl (C=O) groups excluding carboxylic acids is 1. The second kappa shape index (κ2) is 10.7. The Morgan fingerprint density at radius 2 is 1.83 bits per heavy atom. The molecule has 1 saturated heterocycles. The van der Waals surface area contributed by atoms with Crippen LogP contribution in [0, 0.1) is 5.92 Å². The average Bonchev–Trinajstić information content (AvgIpc) is 2.76. The molecule has 0 bridgehead atoms. The molecule has 1 amide bonds. The molecule has 0 aliphatic carbocycles. The molecule has 0 saturated carbocycles. The fourth-order valence-electron chi connectivity index (χ4n) is 4.12. The van der Waals surface area contributed by atoms with Crippen molar-refractivity contribution in [2.24, 2.45) is 5.92 Å². The first-order valence-electron chi connectivity index (χ1n) is 11.2. The number of likely N-dealkylation sites (tertiary alicyclic amines) is 1. The predicted octanol–water partition coefficient (Wildman–Crippen LogP) is 6.70. The fraction of sp³-hybridized carbons (Fsp3) is 0.458. The lowest BCUT2D eigenvalue weighted by Crippen LogP contribution is -2.44. The number of nitrogens with zero attached hydrogens (tertiary/aromatic N) is 1. The van der Waals surface area contributed by atoms with Gasteiger partial charge in [-0.3, -0.25) is 0 Å². The first-order valence-corrected chi connectivity index (χ1v) is 13.7. The number of alkyl halides is 3. The van der Waals surface area contributed by atoms with E-state index in [1.807, 2.05) is 0 Å². The zero-order valence-corrected chi connectivity index (χ0v) is 22.5. The second-order valence-corrected chi connectivity index (χ2v) is 12.4. The molecule has 1 heterocycles. The number of hydrogen-bond acceptors (Lipinski definition) is 6. The van der Waals surface area contributed by atoms with Crippen molar-refractivity contribution >= 4 is 46.0 Å². The van der Waals surface area contributed by atoms with Crippen molar-refractivity contribution < 1.29 is 31.1 Å². The van der Waals surface area contributed by atoms with Crippen LogP contribution >= 0.6 is 24.4 Å². The fourth-order valence-corrected chi connectivity index (χ4v) is 6.21. The predicted molar refractivity (Wildman–Crippen MR) is 137 cm³/mol. The molecule has 6 nitrogen and oxygen atoms in total. The Morgan fingerprint density at radius 3 is 2.39 bits per heavy atom. The second-order valence-electron chi connectivity index (χ2n) is 9.73. The van der Waals surface area contributed by atoms with Crippen LogP contribution in [-0.2, 0) is 20.8 Å². The van der Waals surface area contributed by atoms with Gasteiger partial charge in [0.25, 0.3) is 0 Å². The van der Waals surface area contributed by atoms with E-state index in [0.29, 0.717) is 19.4 Å². The lowest BCUT2D eigenvalue weighted by Gasteiger charge is -2.34. The van der Waals surface area contributed by atoms with Crippen molar-refractivity contribution in [3.8, 4) is 11.1 Å². The van der Waals surface area contributed by atoms with Gasteiger partial charge in [-0.05, 0) is 69.4 Å². The highest BCUT2D eigenvalue weighted by Crippen LogP contribution is 2.43. The molecule has 1 aliphatic rings. The largest absolute Gasteiger partial charge is 0.444 e. The van der Waals surface area contributed by atoms with Crippen LogP contribution in [0.2, 0.25) is 5.02 Å². The third-order valence-corrected chi connectivity index (χ3v) is 8.11. The van der Waals surface area contributed by atoms with Crippen LogP contribution in [-0.4, -0.2) is 43.9 Å². The van der Waals surface area contributed by atoms with Crippen molar-refractivity contribution in [1.82, 2.24) is 4.90 Å². The zero-order chi connectivity index (χ0) is 26.9. The summed E-state index contributed by atoms with van der Waals surface area (Å²) in [6.45, 7) is 6.02. The number of piperidine rings is 1. The summed E-state index contributed by atoms with van der Waals surface area (Å²) in [5, 5.41) is -0.151. The van der Waals surface area contributed by atoms with Crippen molar-refractivity contribution in [2.45, 2.75) is 50.3 Å². The van der Waals surface area contributed by atoms with E-state index in [1.54, 1.807) is 20.8 Å². The molecule has 1 atom stereocenters. The van der Waals surface area contributed by atoms with E-state index in [2.05, 4.69) is 17.5 Å². The molecule has 1 aliphatic heterocycles. The van der Waals surface area contributed by atoms with Gasteiger partial charge in [-0.2, -0.15) is 13.2 Å². The van der Waals surface area contributed by atoms with E-state index >= 15 is 0 Å². The van der Waals surface area contributed by atoms with Gasteiger partial charge in [0.15, 0.2) is 9.84 Å². The van der Waals surface area contributed by atoms with Crippen molar-refractivity contribution in [3.05, 3.63) is 47.0 Å². The van der Waals surface area contributed by atoms with E-state index in [9.17, 15) is 26.4 Å². The molecule has 0 radical (unpaired) electrons. The number of anilines is 1. The van der Waals surface area contributed by atoms with Gasteiger partial charge in [0.1, 0.15) is 5.60 Å². The number of hydrogen-bond donors (Lipinski definition) is 2. The standard InChI is InChI=1S/C24H28ClF3N2O4S2/c1-23(2,3)34-22(31)30-10-4-5-15(13-30)14-36(32,33)18-8-6-16(7-9-18)21-19(24(26,27)28)11-17(29-35)12-20(21)25/h6-9,11-12,15,29,35H,4-5,10,13-14H2,1-3H3. The third kappa shape index (κ3) is 7.01. The molecule has 3 rings (SSSR count). The van der Waals surface area contributed by atoms with Crippen molar-refractivity contribution in [3.63, 3.8) is 0 Å². The first kappa shape index (κ1) is 28.5. The molecule has 2 aromatic rings. The minimum atomic E-state index is -4.69. The van der Waals surface area contributed by atoms with E-state index in [0.717, 1.165) is 6.07 Å². The maximum Gasteiger partial charge on any atom is 0.417 e. The average molecular weight is 565 g/mol. The van der Waals surface area contributed by atoms with Crippen LogP contribution in [0.15, 0.2) is 41.3 Å². The first-order chi connectivity index (χ1) is 16.6. The highest BCUT2D eigenvalue weighted by molar-refractivity contribution is 7.91. The summed E-state index contributed by atoms with van der Waals surface area (Å²) in [6, 6.07) is 7.37. The number of halogens is 4. The quantitative estimate of drug-likeness (QED) is 0.395. The number of benzene rings is 2. The smallest absolute Gasteiger partial charge is 0.417 e. The summed E-state index contributed by atoms with van der Waals surface area (Å²) >= 11 is 9.94. The molecule has 12 heteroatoms. The van der Waals surface area contributed by atoms with Crippen molar-refractivity contribution in [2.75, 3.05) is 23.6 Å². The number of amides is 1. The molecular weight excluding hydrogens is 537 g/mol. The number of nitrogens with one attached hydrogen (secondary N) is 1. The van der Waals surface area contributed by atoms with E-state index < -0.39 is 33.3 Å². The van der Waals surface area contributed by atoms with Gasteiger partial charge in [-0.15, -0.1) is 0 Å². The molecule has 1 unspecified atom stereocenters. The Bertz CT molecular complexity index is 1210. The van der Waals surface area contributed by atoms with Crippen LogP contribution in [0.5, 0.6) is 0 Å². The Balaban J connectivity index is 1.81. The number of carbonyl (C=O) groups is 1. The molecule has 1 fully saturated rings. The van der Waals surface area contributed by atoms with Gasteiger partial charge in [-0.1, -0.05) is 36.5 Å². The SMILES string of the molecule is CC(C)(C)OC(=O)N1CCCC(CS(=O)(=O)c2ccc(-c3c(Cl)cc(NS)cc3C(F)(F)F)cc2)C1. The Hall–Kier alpha value is -2.11. The van der Waals surface area contributed by atoms with Gasteiger partial charge >= 0.3 is 12.3 Å². The Kier molecular flexibility index (Phi) is 8.47. The van der Waals surface area contributed by atoms with Crippen LogP contribution in [0.25, 0.3) is 11.1 Å². The maximum absolute atomic E-state index is 13.7. The molecule has 2 aromatic carbocycles. The third-order valence-electron chi connectivity index (χ3n) is 5.65. The van der Waals surface area contributed by atoms with Crippen LogP contribution in [0.1, 0.15) is 39.2 Å². The minimum absolute atomic E-state index is 0.0148. The Morgan fingerprint density at radius 1 is 1.19 bits per heavy atom. The summed E-state index contributed by atoms with van der Waals surface area (Å²) in [4.78, 5) is 13.9. The lowest BCUT2D eigenvalue weighted by molar-refractivity contribution is -0.137. The Labute approximate surface area is 219 Å². The van der Waals surface area contributed by atoms with E-state index in [1.165, 1.54) is 35.2 Å². The summed E-state index contributed by atoms with van der Waals surface area (Å²) in [5.74, 6) is -0.480. The lowest BCUT2D eigenvalue weighted by atomic mass is 9.98. The zero-order valence-electron chi connectivity index (χ0n) is 20.0. The molecule has 198 valence electrons. The number of thiol groups is 1. The van der Waals surface area contributed by atoms with E-state index in [4.69, 9.17) is 16.3 Å². The maximum atomic E-state index is 13.7. The van der Waals surface area contributed by atoms with Gasteiger partial charge in [-0.25, -0.2) is 13.2 Å². The summed E-state index contributed by atoms with van der Waals surface area (Å²) in [5.41, 5.74) is -1.67. The molecule has 36 heavy (non-hydrogen) atoms. The highest BCUT2D eigenvalue weighted by Gasteiger charge is 2.36. The van der Waals surface area contributed by atoms with Gasteiger partial charge in [0.2, 0.25) is 0 Å². The molecule has 1 N–H and O–H groups in total. The summed E-state index contributed by atoms with van der Waals surface area (Å²) < 4.78 is 75.0. The molecule has 0 aromatic heterocycles. The minimum Gasteiger partial charge on any atom is -0.444 e. The molecule has 0 spiro atoms. The van der Waals surface area contributed by atoms with Crippen LogP contribution in [0.3, 0.4) is 0 Å². The van der Waals surface area contributed by atoms with Gasteiger partial charge < -0.3 is 14.4 Å². The highest BCUT2D eigenvalue weighted by atomic mass is 35.5. The summed E-state index contributed by atoms with van der Waals surface area (Å²) in [6.07, 6.45) is -3.89. The van der Waals surface area contributed by atoms with E-state index in [-0.39, 0.29) is 44.9 Å². The number of sulfone groups is 1. The topological polar surface area (TPSA) is 75.7 Å². The monoisotopic (exact) mass is 564 g/mol. The molecular formula is C24H28ClF3N2O4S2. The van der Waals surface area contributed by atoms with Crippen LogP contribution in [0.4, 0.5) is 23.7 Å². The van der Waals surface area contributed by atoms with Crippen LogP contribution < -0.4 is 4.72 Å². The normalized spacial score (nSPS) is 17.1.